The zero-order chi connectivity index (χ0) is 20.1. The van der Waals surface area contributed by atoms with Crippen LogP contribution >= 0.6 is 11.8 Å². The van der Waals surface area contributed by atoms with E-state index in [0.717, 1.165) is 6.20 Å². The van der Waals surface area contributed by atoms with Crippen molar-refractivity contribution in [2.75, 3.05) is 18.7 Å². The summed E-state index contributed by atoms with van der Waals surface area (Å²) in [6.45, 7) is -0.0334. The molecule has 0 atom stereocenters. The number of benzene rings is 1. The number of halogens is 1. The summed E-state index contributed by atoms with van der Waals surface area (Å²) in [5.74, 6) is -0.255. The average molecular weight is 400 g/mol. The van der Waals surface area contributed by atoms with Crippen LogP contribution in [0, 0.1) is 15.9 Å². The largest absolute Gasteiger partial charge is 0.480 e. The molecule has 144 valence electrons. The molecule has 1 N–H and O–H groups in total. The fourth-order valence-corrected chi connectivity index (χ4v) is 3.07. The maximum atomic E-state index is 14.3. The van der Waals surface area contributed by atoms with Crippen LogP contribution in [-0.4, -0.2) is 28.3 Å². The Labute approximate surface area is 165 Å². The molecule has 0 unspecified atom stereocenters. The third-order valence-corrected chi connectivity index (χ3v) is 4.73. The van der Waals surface area contributed by atoms with Crippen LogP contribution in [0.2, 0.25) is 0 Å². The van der Waals surface area contributed by atoms with Crippen LogP contribution < -0.4 is 10.1 Å². The molecule has 2 heterocycles. The molecule has 0 radical (unpaired) electrons. The van der Waals surface area contributed by atoms with Crippen molar-refractivity contribution in [1.82, 2.24) is 9.97 Å². The molecule has 1 aromatic carbocycles. The summed E-state index contributed by atoms with van der Waals surface area (Å²) in [4.78, 5) is 19.9. The Morgan fingerprint density at radius 2 is 2.00 bits per heavy atom. The van der Waals surface area contributed by atoms with Crippen molar-refractivity contribution in [3.63, 3.8) is 0 Å². The van der Waals surface area contributed by atoms with E-state index in [0.29, 0.717) is 16.0 Å². The lowest BCUT2D eigenvalue weighted by Gasteiger charge is -2.15. The molecule has 9 heteroatoms. The van der Waals surface area contributed by atoms with E-state index in [9.17, 15) is 14.5 Å². The minimum Gasteiger partial charge on any atom is -0.480 e. The predicted molar refractivity (Wildman–Crippen MR) is 106 cm³/mol. The first-order valence-corrected chi connectivity index (χ1v) is 9.46. The zero-order valence-electron chi connectivity index (χ0n) is 15.2. The Hall–Kier alpha value is -3.20. The molecule has 0 spiro atoms. The SMILES string of the molecule is COc1ncc([N+](=O)[O-])c(NCc2ncc(SC)cc2F)c1-c1ccccc1. The van der Waals surface area contributed by atoms with E-state index in [-0.39, 0.29) is 29.5 Å². The maximum absolute atomic E-state index is 14.3. The van der Waals surface area contributed by atoms with Gasteiger partial charge in [0.05, 0.1) is 29.8 Å². The number of anilines is 1. The topological polar surface area (TPSA) is 90.2 Å². The highest BCUT2D eigenvalue weighted by Crippen LogP contribution is 2.41. The van der Waals surface area contributed by atoms with E-state index < -0.39 is 10.7 Å². The Morgan fingerprint density at radius 1 is 1.25 bits per heavy atom. The van der Waals surface area contributed by atoms with Crippen LogP contribution in [-0.2, 0) is 6.54 Å². The van der Waals surface area contributed by atoms with Crippen LogP contribution in [0.15, 0.2) is 53.7 Å². The van der Waals surface area contributed by atoms with E-state index in [1.807, 2.05) is 12.3 Å². The van der Waals surface area contributed by atoms with Gasteiger partial charge in [-0.15, -0.1) is 11.8 Å². The lowest BCUT2D eigenvalue weighted by atomic mass is 10.0. The van der Waals surface area contributed by atoms with Gasteiger partial charge in [0.15, 0.2) is 0 Å². The standard InChI is InChI=1S/C19H17FN4O3S/c1-27-19-17(12-6-4-3-5-7-12)18(16(11-23-19)24(25)26)22-10-15-14(20)8-13(28-2)9-21-15/h3-9,11H,10H2,1-2H3,(H,22,23). The first-order valence-electron chi connectivity index (χ1n) is 8.24. The number of rotatable bonds is 7. The van der Waals surface area contributed by atoms with Crippen molar-refractivity contribution in [2.24, 2.45) is 0 Å². The number of nitrogens with one attached hydrogen (secondary N) is 1. The average Bonchev–Trinajstić information content (AvgIpc) is 2.72. The van der Waals surface area contributed by atoms with Gasteiger partial charge in [0.2, 0.25) is 5.88 Å². The number of thioether (sulfide) groups is 1. The van der Waals surface area contributed by atoms with Crippen LogP contribution in [0.3, 0.4) is 0 Å². The van der Waals surface area contributed by atoms with E-state index in [1.165, 1.54) is 24.9 Å². The molecule has 0 aliphatic heterocycles. The summed E-state index contributed by atoms with van der Waals surface area (Å²) in [5, 5.41) is 14.5. The van der Waals surface area contributed by atoms with E-state index in [2.05, 4.69) is 15.3 Å². The number of hydrogen-bond donors (Lipinski definition) is 1. The lowest BCUT2D eigenvalue weighted by molar-refractivity contribution is -0.384. The molecule has 0 fully saturated rings. The summed E-state index contributed by atoms with van der Waals surface area (Å²) in [6.07, 6.45) is 4.51. The van der Waals surface area contributed by atoms with Crippen LogP contribution in [0.4, 0.5) is 15.8 Å². The maximum Gasteiger partial charge on any atom is 0.311 e. The van der Waals surface area contributed by atoms with Gasteiger partial charge in [-0.05, 0) is 17.9 Å². The number of nitrogens with zero attached hydrogens (tertiary/aromatic N) is 3. The first kappa shape index (κ1) is 19.6. The van der Waals surface area contributed by atoms with Gasteiger partial charge in [-0.3, -0.25) is 15.1 Å². The van der Waals surface area contributed by atoms with Gasteiger partial charge in [-0.1, -0.05) is 30.3 Å². The molecule has 0 aliphatic rings. The molecular weight excluding hydrogens is 383 g/mol. The second-order valence-corrected chi connectivity index (χ2v) is 6.56. The first-order chi connectivity index (χ1) is 13.5. The molecule has 7 nitrogen and oxygen atoms in total. The Morgan fingerprint density at radius 3 is 2.61 bits per heavy atom. The Balaban J connectivity index is 2.06. The summed E-state index contributed by atoms with van der Waals surface area (Å²) in [5.41, 5.74) is 1.23. The molecule has 0 amide bonds. The Kier molecular flexibility index (Phi) is 6.05. The lowest BCUT2D eigenvalue weighted by Crippen LogP contribution is -2.09. The summed E-state index contributed by atoms with van der Waals surface area (Å²) in [6, 6.07) is 10.4. The second kappa shape index (κ2) is 8.66. The monoisotopic (exact) mass is 400 g/mol. The predicted octanol–water partition coefficient (Wildman–Crippen LogP) is 4.53. The van der Waals surface area contributed by atoms with Crippen LogP contribution in [0.1, 0.15) is 5.69 Å². The molecule has 3 aromatic rings. The molecule has 0 bridgehead atoms. The third kappa shape index (κ3) is 4.04. The van der Waals surface area contributed by atoms with Gasteiger partial charge in [0, 0.05) is 11.1 Å². The second-order valence-electron chi connectivity index (χ2n) is 5.68. The van der Waals surface area contributed by atoms with Crippen molar-refractivity contribution < 1.29 is 14.1 Å². The number of hydrogen-bond acceptors (Lipinski definition) is 7. The van der Waals surface area contributed by atoms with Gasteiger partial charge in [0.1, 0.15) is 17.7 Å². The van der Waals surface area contributed by atoms with Gasteiger partial charge >= 0.3 is 5.69 Å². The van der Waals surface area contributed by atoms with Crippen molar-refractivity contribution >= 4 is 23.1 Å². The Bertz CT molecular complexity index is 1000. The fraction of sp³-hybridized carbons (Fsp3) is 0.158. The number of pyridine rings is 2. The number of ether oxygens (including phenoxy) is 1. The molecule has 0 aliphatic carbocycles. The molecule has 3 rings (SSSR count). The summed E-state index contributed by atoms with van der Waals surface area (Å²) in [7, 11) is 1.44. The summed E-state index contributed by atoms with van der Waals surface area (Å²) >= 11 is 1.38. The summed E-state index contributed by atoms with van der Waals surface area (Å²) < 4.78 is 19.6. The van der Waals surface area contributed by atoms with E-state index in [4.69, 9.17) is 4.74 Å². The fourth-order valence-electron chi connectivity index (χ4n) is 2.69. The molecule has 0 saturated carbocycles. The zero-order valence-corrected chi connectivity index (χ0v) is 16.0. The highest BCUT2D eigenvalue weighted by molar-refractivity contribution is 7.98. The van der Waals surface area contributed by atoms with Crippen molar-refractivity contribution in [3.05, 3.63) is 70.4 Å². The highest BCUT2D eigenvalue weighted by Gasteiger charge is 2.24. The third-order valence-electron chi connectivity index (χ3n) is 4.04. The van der Waals surface area contributed by atoms with Gasteiger partial charge in [0.25, 0.3) is 0 Å². The minimum absolute atomic E-state index is 0.0334. The molecule has 0 saturated heterocycles. The van der Waals surface area contributed by atoms with Crippen molar-refractivity contribution in [1.29, 1.82) is 0 Å². The van der Waals surface area contributed by atoms with Crippen LogP contribution in [0.25, 0.3) is 11.1 Å². The van der Waals surface area contributed by atoms with Gasteiger partial charge < -0.3 is 10.1 Å². The molecule has 28 heavy (non-hydrogen) atoms. The van der Waals surface area contributed by atoms with Gasteiger partial charge in [-0.25, -0.2) is 9.37 Å². The van der Waals surface area contributed by atoms with E-state index in [1.54, 1.807) is 30.5 Å². The van der Waals surface area contributed by atoms with Crippen LogP contribution in [0.5, 0.6) is 5.88 Å². The number of aromatic nitrogens is 2. The highest BCUT2D eigenvalue weighted by atomic mass is 32.2. The smallest absolute Gasteiger partial charge is 0.311 e. The normalized spacial score (nSPS) is 10.5. The number of nitro groups is 1. The number of methoxy groups -OCH3 is 1. The van der Waals surface area contributed by atoms with Gasteiger partial charge in [-0.2, -0.15) is 0 Å². The van der Waals surface area contributed by atoms with Crippen molar-refractivity contribution in [3.8, 4) is 17.0 Å². The quantitative estimate of drug-likeness (QED) is 0.354. The molecule has 2 aromatic heterocycles. The van der Waals surface area contributed by atoms with E-state index >= 15 is 0 Å². The van der Waals surface area contributed by atoms with Crippen molar-refractivity contribution in [2.45, 2.75) is 11.4 Å². The molecular formula is C19H17FN4O3S. The minimum atomic E-state index is -0.540.